The molecule has 1 aromatic heterocycles. The Morgan fingerprint density at radius 1 is 1.20 bits per heavy atom. The van der Waals surface area contributed by atoms with Gasteiger partial charge in [-0.25, -0.2) is 9.18 Å². The molecule has 3 rings (SSSR count). The van der Waals surface area contributed by atoms with Gasteiger partial charge in [-0.2, -0.15) is 4.98 Å². The topological polar surface area (TPSA) is 100 Å². The summed E-state index contributed by atoms with van der Waals surface area (Å²) in [4.78, 5) is 16.9. The van der Waals surface area contributed by atoms with Crippen molar-refractivity contribution in [2.75, 3.05) is 11.9 Å². The zero-order chi connectivity index (χ0) is 21.7. The smallest absolute Gasteiger partial charge is 0.319 e. The van der Waals surface area contributed by atoms with Crippen LogP contribution in [0.5, 0.6) is 0 Å². The van der Waals surface area contributed by atoms with Crippen LogP contribution in [0.2, 0.25) is 5.02 Å². The van der Waals surface area contributed by atoms with Crippen molar-refractivity contribution in [3.05, 3.63) is 76.6 Å². The van der Waals surface area contributed by atoms with Gasteiger partial charge in [-0.3, -0.25) is 0 Å². The van der Waals surface area contributed by atoms with Gasteiger partial charge in [0.15, 0.2) is 5.82 Å². The van der Waals surface area contributed by atoms with Gasteiger partial charge >= 0.3 is 6.03 Å². The number of aromatic nitrogens is 2. The molecule has 0 radical (unpaired) electrons. The third kappa shape index (κ3) is 5.55. The molecule has 0 aliphatic carbocycles. The van der Waals surface area contributed by atoms with Crippen LogP contribution in [0.25, 0.3) is 0 Å². The Hall–Kier alpha value is -2.97. The number of carbonyl (C=O) groups excluding carboxylic acids is 1. The van der Waals surface area contributed by atoms with Crippen molar-refractivity contribution < 1.29 is 18.8 Å². The summed E-state index contributed by atoms with van der Waals surface area (Å²) in [5, 5.41) is 19.6. The van der Waals surface area contributed by atoms with Crippen LogP contribution in [0.15, 0.2) is 53.1 Å². The van der Waals surface area contributed by atoms with Gasteiger partial charge in [-0.15, -0.1) is 0 Å². The standard InChI is InChI=1S/C21H22ClFN4O3/c1-21(2,12-28)19-26-18(27-30-19)17(11-13-3-5-14(22)6-4-13)25-20(29)24-16-9-7-15(23)8-10-16/h3-10,17,28H,11-12H2,1-2H3,(H2,24,25,29). The fourth-order valence-corrected chi connectivity index (χ4v) is 2.77. The van der Waals surface area contributed by atoms with E-state index in [1.807, 2.05) is 12.1 Å². The Bertz CT molecular complexity index is 990. The van der Waals surface area contributed by atoms with Crippen LogP contribution >= 0.6 is 11.6 Å². The van der Waals surface area contributed by atoms with Crippen LogP contribution in [-0.4, -0.2) is 27.9 Å². The number of hydrogen-bond donors (Lipinski definition) is 3. The molecule has 0 saturated heterocycles. The molecule has 0 fully saturated rings. The molecule has 3 N–H and O–H groups in total. The van der Waals surface area contributed by atoms with Crippen LogP contribution in [-0.2, 0) is 11.8 Å². The van der Waals surface area contributed by atoms with Crippen molar-refractivity contribution >= 4 is 23.3 Å². The molecule has 2 aromatic carbocycles. The number of urea groups is 1. The normalized spacial score (nSPS) is 12.4. The first-order valence-corrected chi connectivity index (χ1v) is 9.67. The molecule has 0 bridgehead atoms. The van der Waals surface area contributed by atoms with Crippen LogP contribution in [0.4, 0.5) is 14.9 Å². The fourth-order valence-electron chi connectivity index (χ4n) is 2.64. The molecule has 9 heteroatoms. The molecule has 1 unspecified atom stereocenters. The van der Waals surface area contributed by atoms with E-state index in [9.17, 15) is 14.3 Å². The number of carbonyl (C=O) groups is 1. The summed E-state index contributed by atoms with van der Waals surface area (Å²) in [7, 11) is 0. The molecule has 0 spiro atoms. The van der Waals surface area contributed by atoms with E-state index in [1.165, 1.54) is 24.3 Å². The summed E-state index contributed by atoms with van der Waals surface area (Å²) in [6, 6.07) is 11.5. The third-order valence-electron chi connectivity index (χ3n) is 4.49. The van der Waals surface area contributed by atoms with E-state index in [0.29, 0.717) is 17.1 Å². The van der Waals surface area contributed by atoms with E-state index in [0.717, 1.165) is 5.56 Å². The number of nitrogens with one attached hydrogen (secondary N) is 2. The second-order valence-corrected chi connectivity index (χ2v) is 7.92. The van der Waals surface area contributed by atoms with Crippen molar-refractivity contribution in [2.24, 2.45) is 0 Å². The van der Waals surface area contributed by atoms with Gasteiger partial charge in [0.05, 0.1) is 18.1 Å². The van der Waals surface area contributed by atoms with E-state index < -0.39 is 23.3 Å². The van der Waals surface area contributed by atoms with E-state index in [1.54, 1.807) is 26.0 Å². The number of anilines is 1. The zero-order valence-corrected chi connectivity index (χ0v) is 17.3. The molecule has 0 aliphatic rings. The highest BCUT2D eigenvalue weighted by molar-refractivity contribution is 6.30. The fraction of sp³-hybridized carbons (Fsp3) is 0.286. The van der Waals surface area contributed by atoms with Crippen LogP contribution in [0.1, 0.15) is 37.2 Å². The molecule has 0 saturated carbocycles. The molecule has 30 heavy (non-hydrogen) atoms. The van der Waals surface area contributed by atoms with E-state index in [-0.39, 0.29) is 18.3 Å². The van der Waals surface area contributed by atoms with Gasteiger partial charge in [-0.05, 0) is 55.8 Å². The molecule has 0 aliphatic heterocycles. The first kappa shape index (κ1) is 21.7. The maximum Gasteiger partial charge on any atom is 0.319 e. The van der Waals surface area contributed by atoms with Crippen molar-refractivity contribution in [1.29, 1.82) is 0 Å². The van der Waals surface area contributed by atoms with Gasteiger partial charge in [0.25, 0.3) is 0 Å². The Balaban J connectivity index is 1.80. The Kier molecular flexibility index (Phi) is 6.69. The molecule has 2 amide bonds. The summed E-state index contributed by atoms with van der Waals surface area (Å²) in [5.74, 6) is 0.143. The van der Waals surface area contributed by atoms with Crippen LogP contribution in [0.3, 0.4) is 0 Å². The molecular weight excluding hydrogens is 411 g/mol. The Morgan fingerprint density at radius 2 is 1.87 bits per heavy atom. The average Bonchev–Trinajstić information content (AvgIpc) is 3.22. The van der Waals surface area contributed by atoms with Gasteiger partial charge in [-0.1, -0.05) is 28.9 Å². The van der Waals surface area contributed by atoms with Crippen molar-refractivity contribution in [2.45, 2.75) is 31.7 Å². The minimum absolute atomic E-state index is 0.172. The highest BCUT2D eigenvalue weighted by Crippen LogP contribution is 2.24. The van der Waals surface area contributed by atoms with Crippen LogP contribution in [0, 0.1) is 5.82 Å². The molecule has 3 aromatic rings. The number of halogens is 2. The lowest BCUT2D eigenvalue weighted by molar-refractivity contribution is 0.182. The maximum atomic E-state index is 13.1. The van der Waals surface area contributed by atoms with Crippen molar-refractivity contribution in [1.82, 2.24) is 15.5 Å². The second-order valence-electron chi connectivity index (χ2n) is 7.49. The molecule has 158 valence electrons. The van der Waals surface area contributed by atoms with E-state index in [4.69, 9.17) is 16.1 Å². The van der Waals surface area contributed by atoms with Crippen LogP contribution < -0.4 is 10.6 Å². The number of aliphatic hydroxyl groups is 1. The van der Waals surface area contributed by atoms with Gasteiger partial charge < -0.3 is 20.3 Å². The summed E-state index contributed by atoms with van der Waals surface area (Å²) in [5.41, 5.74) is 0.625. The summed E-state index contributed by atoms with van der Waals surface area (Å²) in [6.45, 7) is 3.37. The van der Waals surface area contributed by atoms with Gasteiger partial charge in [0.1, 0.15) is 5.82 Å². The first-order valence-electron chi connectivity index (χ1n) is 9.29. The molecule has 1 atom stereocenters. The predicted molar refractivity (Wildman–Crippen MR) is 111 cm³/mol. The van der Waals surface area contributed by atoms with Crippen molar-refractivity contribution in [3.8, 4) is 0 Å². The quantitative estimate of drug-likeness (QED) is 0.518. The SMILES string of the molecule is CC(C)(CO)c1nc(C(Cc2ccc(Cl)cc2)NC(=O)Nc2ccc(F)cc2)no1. The lowest BCUT2D eigenvalue weighted by Gasteiger charge is -2.17. The number of rotatable bonds is 7. The number of amides is 2. The largest absolute Gasteiger partial charge is 0.395 e. The number of nitrogens with zero attached hydrogens (tertiary/aromatic N) is 2. The molecule has 1 heterocycles. The van der Waals surface area contributed by atoms with E-state index >= 15 is 0 Å². The van der Waals surface area contributed by atoms with Gasteiger partial charge in [0, 0.05) is 17.1 Å². The highest BCUT2D eigenvalue weighted by Gasteiger charge is 2.29. The zero-order valence-electron chi connectivity index (χ0n) is 16.5. The second kappa shape index (κ2) is 9.23. The summed E-state index contributed by atoms with van der Waals surface area (Å²) in [6.07, 6.45) is 0.381. The first-order chi connectivity index (χ1) is 14.3. The molecular formula is C21H22ClFN4O3. The minimum Gasteiger partial charge on any atom is -0.395 e. The number of benzene rings is 2. The monoisotopic (exact) mass is 432 g/mol. The maximum absolute atomic E-state index is 13.1. The number of hydrogen-bond acceptors (Lipinski definition) is 5. The summed E-state index contributed by atoms with van der Waals surface area (Å²) < 4.78 is 18.4. The molecule has 7 nitrogen and oxygen atoms in total. The third-order valence-corrected chi connectivity index (χ3v) is 4.74. The van der Waals surface area contributed by atoms with Gasteiger partial charge in [0.2, 0.25) is 5.89 Å². The minimum atomic E-state index is -0.716. The summed E-state index contributed by atoms with van der Waals surface area (Å²) >= 11 is 5.95. The predicted octanol–water partition coefficient (Wildman–Crippen LogP) is 4.24. The highest BCUT2D eigenvalue weighted by atomic mass is 35.5. The number of aliphatic hydroxyl groups excluding tert-OH is 1. The van der Waals surface area contributed by atoms with Crippen molar-refractivity contribution in [3.63, 3.8) is 0 Å². The lowest BCUT2D eigenvalue weighted by atomic mass is 9.95. The average molecular weight is 433 g/mol. The lowest BCUT2D eigenvalue weighted by Crippen LogP contribution is -2.34. The Morgan fingerprint density at radius 3 is 2.50 bits per heavy atom. The van der Waals surface area contributed by atoms with E-state index in [2.05, 4.69) is 20.8 Å². The Labute approximate surface area is 178 Å².